The van der Waals surface area contributed by atoms with Gasteiger partial charge in [-0.1, -0.05) is 20.8 Å². The van der Waals surface area contributed by atoms with E-state index in [9.17, 15) is 0 Å². The van der Waals surface area contributed by atoms with Crippen LogP contribution in [0.3, 0.4) is 0 Å². The van der Waals surface area contributed by atoms with Crippen molar-refractivity contribution >= 4 is 0 Å². The van der Waals surface area contributed by atoms with Gasteiger partial charge in [0.05, 0.1) is 7.11 Å². The SMILES string of the molecule is COC1=C[C@@](C)(C(C)C)[C@H](C)N1. The highest BCUT2D eigenvalue weighted by atomic mass is 16.5. The molecule has 0 amide bonds. The van der Waals surface area contributed by atoms with Crippen LogP contribution in [0, 0.1) is 11.3 Å². The Hall–Kier alpha value is -0.660. The van der Waals surface area contributed by atoms with Crippen LogP contribution in [0.25, 0.3) is 0 Å². The molecule has 0 unspecified atom stereocenters. The highest BCUT2D eigenvalue weighted by molar-refractivity contribution is 5.15. The van der Waals surface area contributed by atoms with E-state index in [0.717, 1.165) is 5.88 Å². The number of ether oxygens (including phenoxy) is 1. The van der Waals surface area contributed by atoms with E-state index >= 15 is 0 Å². The van der Waals surface area contributed by atoms with Gasteiger partial charge in [-0.2, -0.15) is 0 Å². The Bertz CT molecular complexity index is 198. The standard InChI is InChI=1S/C10H19NO/c1-7(2)10(4)6-9(12-5)11-8(10)3/h6-8,11H,1-5H3/t8-,10-/m0/s1. The van der Waals surface area contributed by atoms with Crippen molar-refractivity contribution in [1.82, 2.24) is 5.32 Å². The third kappa shape index (κ3) is 1.30. The number of hydrogen-bond acceptors (Lipinski definition) is 2. The van der Waals surface area contributed by atoms with Crippen LogP contribution in [0.5, 0.6) is 0 Å². The minimum Gasteiger partial charge on any atom is -0.483 e. The van der Waals surface area contributed by atoms with Crippen LogP contribution < -0.4 is 5.32 Å². The van der Waals surface area contributed by atoms with Crippen molar-refractivity contribution < 1.29 is 4.74 Å². The summed E-state index contributed by atoms with van der Waals surface area (Å²) in [5, 5.41) is 3.31. The molecular weight excluding hydrogens is 150 g/mol. The molecule has 0 aromatic heterocycles. The lowest BCUT2D eigenvalue weighted by molar-refractivity contribution is 0.232. The Balaban J connectivity index is 2.84. The van der Waals surface area contributed by atoms with E-state index in [2.05, 4.69) is 39.1 Å². The summed E-state index contributed by atoms with van der Waals surface area (Å²) in [5.74, 6) is 1.55. The minimum atomic E-state index is 0.228. The molecule has 0 saturated heterocycles. The van der Waals surface area contributed by atoms with Gasteiger partial charge in [0.25, 0.3) is 0 Å². The fraction of sp³-hybridized carbons (Fsp3) is 0.800. The van der Waals surface area contributed by atoms with E-state index in [1.807, 2.05) is 0 Å². The van der Waals surface area contributed by atoms with E-state index in [0.29, 0.717) is 12.0 Å². The second-order valence-electron chi connectivity index (χ2n) is 4.10. The van der Waals surface area contributed by atoms with Gasteiger partial charge in [-0.05, 0) is 18.9 Å². The molecule has 0 bridgehead atoms. The molecular formula is C10H19NO. The molecule has 12 heavy (non-hydrogen) atoms. The predicted molar refractivity (Wildman–Crippen MR) is 50.6 cm³/mol. The molecule has 0 radical (unpaired) electrons. The van der Waals surface area contributed by atoms with Gasteiger partial charge in [0, 0.05) is 11.5 Å². The van der Waals surface area contributed by atoms with Gasteiger partial charge >= 0.3 is 0 Å². The molecule has 0 aromatic carbocycles. The maximum absolute atomic E-state index is 5.18. The first kappa shape index (κ1) is 9.43. The molecule has 1 N–H and O–H groups in total. The summed E-state index contributed by atoms with van der Waals surface area (Å²) < 4.78 is 5.18. The molecule has 1 heterocycles. The monoisotopic (exact) mass is 169 g/mol. The molecule has 1 aliphatic heterocycles. The molecule has 1 rings (SSSR count). The van der Waals surface area contributed by atoms with E-state index in [4.69, 9.17) is 4.74 Å². The first-order chi connectivity index (χ1) is 5.50. The zero-order valence-electron chi connectivity index (χ0n) is 8.64. The number of nitrogens with one attached hydrogen (secondary N) is 1. The minimum absolute atomic E-state index is 0.228. The summed E-state index contributed by atoms with van der Waals surface area (Å²) in [6.45, 7) is 8.95. The first-order valence-corrected chi connectivity index (χ1v) is 4.54. The van der Waals surface area contributed by atoms with Crippen LogP contribution in [0.1, 0.15) is 27.7 Å². The highest BCUT2D eigenvalue weighted by Gasteiger charge is 2.38. The molecule has 0 fully saturated rings. The van der Waals surface area contributed by atoms with Gasteiger partial charge in [-0.25, -0.2) is 0 Å². The molecule has 0 saturated carbocycles. The zero-order valence-corrected chi connectivity index (χ0v) is 8.64. The fourth-order valence-corrected chi connectivity index (χ4v) is 1.60. The average molecular weight is 169 g/mol. The Morgan fingerprint density at radius 1 is 1.58 bits per heavy atom. The number of methoxy groups -OCH3 is 1. The van der Waals surface area contributed by atoms with Crippen LogP contribution in [-0.2, 0) is 4.74 Å². The van der Waals surface area contributed by atoms with Crippen molar-refractivity contribution in [2.24, 2.45) is 11.3 Å². The summed E-state index contributed by atoms with van der Waals surface area (Å²) in [5.41, 5.74) is 0.228. The smallest absolute Gasteiger partial charge is 0.183 e. The Morgan fingerprint density at radius 2 is 2.17 bits per heavy atom. The highest BCUT2D eigenvalue weighted by Crippen LogP contribution is 2.37. The fourth-order valence-electron chi connectivity index (χ4n) is 1.60. The number of hydrogen-bond donors (Lipinski definition) is 1. The van der Waals surface area contributed by atoms with Crippen LogP contribution in [0.2, 0.25) is 0 Å². The van der Waals surface area contributed by atoms with Crippen LogP contribution >= 0.6 is 0 Å². The lowest BCUT2D eigenvalue weighted by Crippen LogP contribution is -2.36. The second-order valence-corrected chi connectivity index (χ2v) is 4.10. The van der Waals surface area contributed by atoms with Crippen molar-refractivity contribution in [3.63, 3.8) is 0 Å². The van der Waals surface area contributed by atoms with Gasteiger partial charge in [0.1, 0.15) is 0 Å². The maximum Gasteiger partial charge on any atom is 0.183 e. The topological polar surface area (TPSA) is 21.3 Å². The molecule has 2 atom stereocenters. The van der Waals surface area contributed by atoms with Crippen molar-refractivity contribution in [1.29, 1.82) is 0 Å². The van der Waals surface area contributed by atoms with E-state index in [-0.39, 0.29) is 5.41 Å². The molecule has 2 heteroatoms. The zero-order chi connectivity index (χ0) is 9.35. The van der Waals surface area contributed by atoms with Crippen LogP contribution in [0.4, 0.5) is 0 Å². The summed E-state index contributed by atoms with van der Waals surface area (Å²) in [7, 11) is 1.71. The van der Waals surface area contributed by atoms with E-state index in [1.54, 1.807) is 7.11 Å². The van der Waals surface area contributed by atoms with Crippen molar-refractivity contribution in [2.75, 3.05) is 7.11 Å². The van der Waals surface area contributed by atoms with Gasteiger partial charge < -0.3 is 10.1 Å². The summed E-state index contributed by atoms with van der Waals surface area (Å²) in [4.78, 5) is 0. The van der Waals surface area contributed by atoms with Crippen molar-refractivity contribution in [3.05, 3.63) is 12.0 Å². The molecule has 1 aliphatic rings. The Kier molecular flexibility index (Phi) is 2.36. The predicted octanol–water partition coefficient (Wildman–Crippen LogP) is 2.13. The normalized spacial score (nSPS) is 34.8. The third-order valence-corrected chi connectivity index (χ3v) is 3.20. The lowest BCUT2D eigenvalue weighted by atomic mass is 9.75. The largest absolute Gasteiger partial charge is 0.483 e. The Morgan fingerprint density at radius 3 is 2.42 bits per heavy atom. The van der Waals surface area contributed by atoms with E-state index in [1.165, 1.54) is 0 Å². The summed E-state index contributed by atoms with van der Waals surface area (Å²) >= 11 is 0. The third-order valence-electron chi connectivity index (χ3n) is 3.20. The lowest BCUT2D eigenvalue weighted by Gasteiger charge is -2.31. The molecule has 0 aromatic rings. The van der Waals surface area contributed by atoms with Crippen molar-refractivity contribution in [3.8, 4) is 0 Å². The van der Waals surface area contributed by atoms with Crippen LogP contribution in [0.15, 0.2) is 12.0 Å². The second kappa shape index (κ2) is 3.00. The number of rotatable bonds is 2. The van der Waals surface area contributed by atoms with Gasteiger partial charge in [0.2, 0.25) is 0 Å². The Labute approximate surface area is 75.0 Å². The molecule has 2 nitrogen and oxygen atoms in total. The van der Waals surface area contributed by atoms with Gasteiger partial charge in [-0.3, -0.25) is 0 Å². The summed E-state index contributed by atoms with van der Waals surface area (Å²) in [6.07, 6.45) is 2.20. The van der Waals surface area contributed by atoms with Gasteiger partial charge in [0.15, 0.2) is 5.88 Å². The van der Waals surface area contributed by atoms with E-state index < -0.39 is 0 Å². The van der Waals surface area contributed by atoms with Gasteiger partial charge in [-0.15, -0.1) is 0 Å². The average Bonchev–Trinajstić information content (AvgIpc) is 2.29. The first-order valence-electron chi connectivity index (χ1n) is 4.54. The van der Waals surface area contributed by atoms with Crippen LogP contribution in [-0.4, -0.2) is 13.2 Å². The summed E-state index contributed by atoms with van der Waals surface area (Å²) in [6, 6.07) is 0.465. The van der Waals surface area contributed by atoms with Crippen molar-refractivity contribution in [2.45, 2.75) is 33.7 Å². The molecule has 70 valence electrons. The quantitative estimate of drug-likeness (QED) is 0.683. The maximum atomic E-state index is 5.18. The molecule has 0 aliphatic carbocycles. The molecule has 0 spiro atoms.